The van der Waals surface area contributed by atoms with Crippen molar-refractivity contribution in [1.29, 1.82) is 0 Å². The predicted octanol–water partition coefficient (Wildman–Crippen LogP) is 6.96. The van der Waals surface area contributed by atoms with Gasteiger partial charge < -0.3 is 19.7 Å². The minimum Gasteiger partial charge on any atom is -0.507 e. The van der Waals surface area contributed by atoms with E-state index in [1.807, 2.05) is 61.5 Å². The first kappa shape index (κ1) is 20.9. The number of hydrogen-bond donors (Lipinski definition) is 2. The van der Waals surface area contributed by atoms with Gasteiger partial charge >= 0.3 is 0 Å². The number of phenols is 2. The van der Waals surface area contributed by atoms with Crippen molar-refractivity contribution in [2.75, 3.05) is 13.2 Å². The minimum absolute atomic E-state index is 0.115. The van der Waals surface area contributed by atoms with Crippen molar-refractivity contribution in [2.24, 2.45) is 0 Å². The zero-order valence-electron chi connectivity index (χ0n) is 18.2. The van der Waals surface area contributed by atoms with Crippen molar-refractivity contribution in [2.45, 2.75) is 33.6 Å². The molecule has 4 nitrogen and oxygen atoms in total. The minimum atomic E-state index is 0.115. The van der Waals surface area contributed by atoms with E-state index in [0.29, 0.717) is 41.2 Å². The Morgan fingerprint density at radius 2 is 1.23 bits per heavy atom. The second-order valence-electron chi connectivity index (χ2n) is 7.78. The summed E-state index contributed by atoms with van der Waals surface area (Å²) in [4.78, 5) is 0. The van der Waals surface area contributed by atoms with E-state index in [0.717, 1.165) is 34.6 Å². The van der Waals surface area contributed by atoms with Crippen LogP contribution in [0.2, 0.25) is 0 Å². The fraction of sp³-hybridized carbons (Fsp3) is 0.259. The molecule has 31 heavy (non-hydrogen) atoms. The molecule has 0 heterocycles. The van der Waals surface area contributed by atoms with Crippen LogP contribution in [0.3, 0.4) is 0 Å². The molecule has 0 bridgehead atoms. The van der Waals surface area contributed by atoms with Crippen LogP contribution in [0.15, 0.2) is 54.6 Å². The van der Waals surface area contributed by atoms with Gasteiger partial charge in [0.15, 0.2) is 0 Å². The Morgan fingerprint density at radius 1 is 0.677 bits per heavy atom. The lowest BCUT2D eigenvalue weighted by Gasteiger charge is -2.18. The molecule has 0 saturated heterocycles. The van der Waals surface area contributed by atoms with E-state index in [2.05, 4.69) is 13.8 Å². The third-order valence-electron chi connectivity index (χ3n) is 5.50. The highest BCUT2D eigenvalue weighted by Crippen LogP contribution is 2.48. The molecule has 4 aromatic carbocycles. The summed E-state index contributed by atoms with van der Waals surface area (Å²) < 4.78 is 12.0. The molecule has 0 aliphatic heterocycles. The van der Waals surface area contributed by atoms with Gasteiger partial charge in [0, 0.05) is 32.7 Å². The maximum Gasteiger partial charge on any atom is 0.131 e. The van der Waals surface area contributed by atoms with E-state index in [9.17, 15) is 10.2 Å². The Morgan fingerprint density at radius 3 is 1.87 bits per heavy atom. The Kier molecular flexibility index (Phi) is 5.90. The van der Waals surface area contributed by atoms with Gasteiger partial charge in [-0.25, -0.2) is 0 Å². The van der Waals surface area contributed by atoms with Gasteiger partial charge in [-0.05, 0) is 37.5 Å². The van der Waals surface area contributed by atoms with E-state index in [1.165, 1.54) is 0 Å². The average molecular weight is 417 g/mol. The maximum absolute atomic E-state index is 11.3. The molecule has 0 aromatic heterocycles. The van der Waals surface area contributed by atoms with Gasteiger partial charge in [0.25, 0.3) is 0 Å². The summed E-state index contributed by atoms with van der Waals surface area (Å²) in [5.74, 6) is 1.62. The van der Waals surface area contributed by atoms with Crippen LogP contribution < -0.4 is 9.47 Å². The van der Waals surface area contributed by atoms with Gasteiger partial charge in [-0.15, -0.1) is 0 Å². The third kappa shape index (κ3) is 3.74. The number of phenolic OH excluding ortho intramolecular Hbond substituents is 2. The standard InChI is InChI=1S/C27H28O4/c1-4-13-30-23-15-21(26(28)19-11-7-6-10-18(19)23)22-16-24(31-14-5-2)20-12-8-9-17(3)25(20)27(22)29/h6-12,15-16,28-29H,4-5,13-14H2,1-3H3. The summed E-state index contributed by atoms with van der Waals surface area (Å²) in [6.07, 6.45) is 1.75. The fourth-order valence-corrected chi connectivity index (χ4v) is 4.00. The first-order chi connectivity index (χ1) is 15.1. The van der Waals surface area contributed by atoms with Gasteiger partial charge in [-0.3, -0.25) is 0 Å². The molecule has 0 amide bonds. The monoisotopic (exact) mass is 416 g/mol. The van der Waals surface area contributed by atoms with Crippen LogP contribution in [-0.2, 0) is 0 Å². The zero-order valence-corrected chi connectivity index (χ0v) is 18.2. The Balaban J connectivity index is 2.03. The van der Waals surface area contributed by atoms with Crippen molar-refractivity contribution in [3.05, 3.63) is 60.2 Å². The molecule has 160 valence electrons. The molecular formula is C27H28O4. The number of rotatable bonds is 7. The summed E-state index contributed by atoms with van der Waals surface area (Å²) >= 11 is 0. The Labute approximate surface area is 182 Å². The van der Waals surface area contributed by atoms with Gasteiger partial charge in [-0.1, -0.05) is 56.3 Å². The average Bonchev–Trinajstić information content (AvgIpc) is 2.79. The molecule has 0 unspecified atom stereocenters. The first-order valence-corrected chi connectivity index (χ1v) is 10.8. The highest BCUT2D eigenvalue weighted by molar-refractivity contribution is 6.05. The Bertz CT molecular complexity index is 1240. The van der Waals surface area contributed by atoms with Crippen molar-refractivity contribution < 1.29 is 19.7 Å². The molecule has 0 aliphatic rings. The number of benzene rings is 4. The molecule has 0 saturated carbocycles. The van der Waals surface area contributed by atoms with Gasteiger partial charge in [0.1, 0.15) is 23.0 Å². The second kappa shape index (κ2) is 8.76. The largest absolute Gasteiger partial charge is 0.507 e. The zero-order chi connectivity index (χ0) is 22.0. The SMILES string of the molecule is CCCOc1cc(-c2cc(OCCC)c3cccc(C)c3c2O)c(O)c2ccccc12. The number of ether oxygens (including phenoxy) is 2. The van der Waals surface area contributed by atoms with Crippen molar-refractivity contribution in [3.63, 3.8) is 0 Å². The van der Waals surface area contributed by atoms with Crippen LogP contribution in [0, 0.1) is 6.92 Å². The molecule has 0 fully saturated rings. The Hall–Kier alpha value is -3.40. The molecule has 0 spiro atoms. The number of aromatic hydroxyl groups is 2. The molecule has 2 N–H and O–H groups in total. The van der Waals surface area contributed by atoms with E-state index in [-0.39, 0.29) is 11.5 Å². The first-order valence-electron chi connectivity index (χ1n) is 10.8. The lowest BCUT2D eigenvalue weighted by molar-refractivity contribution is 0.320. The normalized spacial score (nSPS) is 11.2. The van der Waals surface area contributed by atoms with Crippen LogP contribution in [0.5, 0.6) is 23.0 Å². The predicted molar refractivity (Wildman–Crippen MR) is 127 cm³/mol. The summed E-state index contributed by atoms with van der Waals surface area (Å²) in [5, 5.41) is 25.6. The highest BCUT2D eigenvalue weighted by atomic mass is 16.5. The fourth-order valence-electron chi connectivity index (χ4n) is 4.00. The summed E-state index contributed by atoms with van der Waals surface area (Å²) in [7, 11) is 0. The molecular weight excluding hydrogens is 388 g/mol. The smallest absolute Gasteiger partial charge is 0.131 e. The van der Waals surface area contributed by atoms with Crippen LogP contribution in [0.1, 0.15) is 32.3 Å². The molecule has 4 heteroatoms. The van der Waals surface area contributed by atoms with Crippen LogP contribution in [0.4, 0.5) is 0 Å². The topological polar surface area (TPSA) is 58.9 Å². The molecule has 0 aliphatic carbocycles. The van der Waals surface area contributed by atoms with Crippen LogP contribution >= 0.6 is 0 Å². The van der Waals surface area contributed by atoms with Crippen molar-refractivity contribution >= 4 is 21.5 Å². The maximum atomic E-state index is 11.3. The summed E-state index contributed by atoms with van der Waals surface area (Å²) in [5.41, 5.74) is 1.99. The van der Waals surface area contributed by atoms with Gasteiger partial charge in [0.05, 0.1) is 13.2 Å². The quantitative estimate of drug-likeness (QED) is 0.342. The van der Waals surface area contributed by atoms with E-state index < -0.39 is 0 Å². The molecule has 0 radical (unpaired) electrons. The molecule has 4 aromatic rings. The van der Waals surface area contributed by atoms with Crippen LogP contribution in [-0.4, -0.2) is 23.4 Å². The van der Waals surface area contributed by atoms with E-state index >= 15 is 0 Å². The second-order valence-corrected chi connectivity index (χ2v) is 7.78. The highest BCUT2D eigenvalue weighted by Gasteiger charge is 2.20. The summed E-state index contributed by atoms with van der Waals surface area (Å²) in [6, 6.07) is 17.1. The van der Waals surface area contributed by atoms with E-state index in [1.54, 1.807) is 0 Å². The van der Waals surface area contributed by atoms with Crippen LogP contribution in [0.25, 0.3) is 32.7 Å². The number of aryl methyl sites for hydroxylation is 1. The molecule has 4 rings (SSSR count). The van der Waals surface area contributed by atoms with E-state index in [4.69, 9.17) is 9.47 Å². The number of fused-ring (bicyclic) bond motifs is 2. The van der Waals surface area contributed by atoms with Crippen molar-refractivity contribution in [3.8, 4) is 34.1 Å². The number of hydrogen-bond acceptors (Lipinski definition) is 4. The summed E-state index contributed by atoms with van der Waals surface area (Å²) in [6.45, 7) is 7.22. The van der Waals surface area contributed by atoms with Crippen molar-refractivity contribution in [1.82, 2.24) is 0 Å². The molecule has 0 atom stereocenters. The lowest BCUT2D eigenvalue weighted by Crippen LogP contribution is -1.99. The van der Waals surface area contributed by atoms with Gasteiger partial charge in [-0.2, -0.15) is 0 Å². The lowest BCUT2D eigenvalue weighted by atomic mass is 9.93. The third-order valence-corrected chi connectivity index (χ3v) is 5.50. The van der Waals surface area contributed by atoms with Gasteiger partial charge in [0.2, 0.25) is 0 Å².